The van der Waals surface area contributed by atoms with Gasteiger partial charge in [-0.05, 0) is 38.5 Å². The van der Waals surface area contributed by atoms with Gasteiger partial charge in [0.1, 0.15) is 6.04 Å². The molecule has 2 fully saturated rings. The summed E-state index contributed by atoms with van der Waals surface area (Å²) in [7, 11) is 4.14. The molecular formula is C19H30N4O. The monoisotopic (exact) mass is 330 g/mol. The summed E-state index contributed by atoms with van der Waals surface area (Å²) in [5.41, 5.74) is 1.13. The number of likely N-dealkylation sites (N-methyl/N-ethyl adjacent to an activating group) is 1. The SMILES string of the molecule is CNCC1CCN(C(=O)C(c2ccccc2)N2CCN(C)CC2)C1. The van der Waals surface area contributed by atoms with Crippen molar-refractivity contribution in [1.82, 2.24) is 20.0 Å². The van der Waals surface area contributed by atoms with Crippen LogP contribution in [0.2, 0.25) is 0 Å². The van der Waals surface area contributed by atoms with Crippen molar-refractivity contribution < 1.29 is 4.79 Å². The lowest BCUT2D eigenvalue weighted by Crippen LogP contribution is -2.50. The summed E-state index contributed by atoms with van der Waals surface area (Å²) in [5, 5.41) is 3.24. The van der Waals surface area contributed by atoms with E-state index in [4.69, 9.17) is 0 Å². The van der Waals surface area contributed by atoms with E-state index in [9.17, 15) is 4.79 Å². The third kappa shape index (κ3) is 3.97. The Bertz CT molecular complexity index is 527. The van der Waals surface area contributed by atoms with Crippen LogP contribution in [0.5, 0.6) is 0 Å². The number of piperazine rings is 1. The van der Waals surface area contributed by atoms with Crippen LogP contribution in [0.1, 0.15) is 18.0 Å². The minimum Gasteiger partial charge on any atom is -0.341 e. The summed E-state index contributed by atoms with van der Waals surface area (Å²) >= 11 is 0. The average molecular weight is 330 g/mol. The van der Waals surface area contributed by atoms with E-state index in [0.29, 0.717) is 5.92 Å². The Morgan fingerprint density at radius 1 is 1.17 bits per heavy atom. The highest BCUT2D eigenvalue weighted by Gasteiger charge is 2.35. The van der Waals surface area contributed by atoms with E-state index in [0.717, 1.165) is 57.8 Å². The van der Waals surface area contributed by atoms with Crippen molar-refractivity contribution in [1.29, 1.82) is 0 Å². The van der Waals surface area contributed by atoms with E-state index in [1.165, 1.54) is 0 Å². The van der Waals surface area contributed by atoms with E-state index < -0.39 is 0 Å². The lowest BCUT2D eigenvalue weighted by molar-refractivity contribution is -0.137. The number of amides is 1. The molecule has 2 unspecified atom stereocenters. The van der Waals surface area contributed by atoms with Gasteiger partial charge in [-0.15, -0.1) is 0 Å². The van der Waals surface area contributed by atoms with Crippen LogP contribution in [0, 0.1) is 5.92 Å². The van der Waals surface area contributed by atoms with Crippen molar-refractivity contribution in [2.45, 2.75) is 12.5 Å². The molecule has 0 aromatic heterocycles. The number of carbonyl (C=O) groups is 1. The first kappa shape index (κ1) is 17.4. The number of likely N-dealkylation sites (tertiary alicyclic amines) is 1. The van der Waals surface area contributed by atoms with Crippen LogP contribution in [-0.2, 0) is 4.79 Å². The van der Waals surface area contributed by atoms with E-state index in [-0.39, 0.29) is 11.9 Å². The third-order valence-electron chi connectivity index (χ3n) is 5.34. The predicted octanol–water partition coefficient (Wildman–Crippen LogP) is 1.04. The topological polar surface area (TPSA) is 38.8 Å². The van der Waals surface area contributed by atoms with Gasteiger partial charge >= 0.3 is 0 Å². The Labute approximate surface area is 145 Å². The van der Waals surface area contributed by atoms with Crippen molar-refractivity contribution >= 4 is 5.91 Å². The molecule has 2 heterocycles. The molecule has 1 N–H and O–H groups in total. The van der Waals surface area contributed by atoms with Crippen LogP contribution >= 0.6 is 0 Å². The molecule has 3 rings (SSSR count). The maximum Gasteiger partial charge on any atom is 0.244 e. The summed E-state index contributed by atoms with van der Waals surface area (Å²) in [6.45, 7) is 6.73. The van der Waals surface area contributed by atoms with Crippen molar-refractivity contribution in [3.8, 4) is 0 Å². The second-order valence-electron chi connectivity index (χ2n) is 7.15. The first-order valence-corrected chi connectivity index (χ1v) is 9.10. The molecule has 1 aromatic rings. The van der Waals surface area contributed by atoms with E-state index in [1.807, 2.05) is 25.2 Å². The van der Waals surface area contributed by atoms with Gasteiger partial charge in [0.05, 0.1) is 0 Å². The number of hydrogen-bond donors (Lipinski definition) is 1. The van der Waals surface area contributed by atoms with Crippen molar-refractivity contribution in [2.24, 2.45) is 5.92 Å². The molecule has 2 aliphatic heterocycles. The smallest absolute Gasteiger partial charge is 0.244 e. The summed E-state index contributed by atoms with van der Waals surface area (Å²) < 4.78 is 0. The second kappa shape index (κ2) is 8.10. The molecule has 24 heavy (non-hydrogen) atoms. The quantitative estimate of drug-likeness (QED) is 0.876. The van der Waals surface area contributed by atoms with Gasteiger partial charge in [-0.1, -0.05) is 30.3 Å². The number of rotatable bonds is 5. The van der Waals surface area contributed by atoms with Gasteiger partial charge in [-0.25, -0.2) is 0 Å². The zero-order valence-electron chi connectivity index (χ0n) is 14.9. The Balaban J connectivity index is 1.76. The highest BCUT2D eigenvalue weighted by atomic mass is 16.2. The number of carbonyl (C=O) groups excluding carboxylic acids is 1. The van der Waals surface area contributed by atoms with Gasteiger partial charge in [0.2, 0.25) is 5.91 Å². The van der Waals surface area contributed by atoms with Crippen LogP contribution in [0.4, 0.5) is 0 Å². The number of hydrogen-bond acceptors (Lipinski definition) is 4. The van der Waals surface area contributed by atoms with Gasteiger partial charge in [0.25, 0.3) is 0 Å². The molecule has 0 spiro atoms. The summed E-state index contributed by atoms with van der Waals surface area (Å²) in [6.07, 6.45) is 1.11. The lowest BCUT2D eigenvalue weighted by atomic mass is 10.0. The molecule has 2 saturated heterocycles. The molecule has 5 heteroatoms. The molecule has 0 radical (unpaired) electrons. The van der Waals surface area contributed by atoms with Gasteiger partial charge in [-0.3, -0.25) is 9.69 Å². The standard InChI is InChI=1S/C19H30N4O/c1-20-14-16-8-9-23(15-16)19(24)18(17-6-4-3-5-7-17)22-12-10-21(2)11-13-22/h3-7,16,18,20H,8-15H2,1-2H3. The van der Waals surface area contributed by atoms with Crippen molar-refractivity contribution in [2.75, 3.05) is 59.9 Å². The first-order valence-electron chi connectivity index (χ1n) is 9.10. The molecule has 132 valence electrons. The second-order valence-corrected chi connectivity index (χ2v) is 7.15. The normalized spacial score (nSPS) is 24.2. The Kier molecular flexibility index (Phi) is 5.87. The average Bonchev–Trinajstić information content (AvgIpc) is 3.07. The van der Waals surface area contributed by atoms with Crippen LogP contribution in [0.15, 0.2) is 30.3 Å². The number of benzene rings is 1. The van der Waals surface area contributed by atoms with E-state index in [1.54, 1.807) is 0 Å². The summed E-state index contributed by atoms with van der Waals surface area (Å²) in [4.78, 5) is 20.1. The lowest BCUT2D eigenvalue weighted by Gasteiger charge is -2.38. The molecule has 2 atom stereocenters. The summed E-state index contributed by atoms with van der Waals surface area (Å²) in [5.74, 6) is 0.868. The van der Waals surface area contributed by atoms with Crippen molar-refractivity contribution in [3.05, 3.63) is 35.9 Å². The van der Waals surface area contributed by atoms with Crippen molar-refractivity contribution in [3.63, 3.8) is 0 Å². The Hall–Kier alpha value is -1.43. The number of nitrogens with one attached hydrogen (secondary N) is 1. The van der Waals surface area contributed by atoms with E-state index >= 15 is 0 Å². The predicted molar refractivity (Wildman–Crippen MR) is 96.9 cm³/mol. The molecule has 0 saturated carbocycles. The zero-order valence-corrected chi connectivity index (χ0v) is 14.9. The Morgan fingerprint density at radius 2 is 1.88 bits per heavy atom. The molecule has 0 aliphatic carbocycles. The molecule has 2 aliphatic rings. The maximum atomic E-state index is 13.3. The van der Waals surface area contributed by atoms with Gasteiger partial charge < -0.3 is 15.1 Å². The van der Waals surface area contributed by atoms with Crippen LogP contribution in [-0.4, -0.2) is 80.5 Å². The summed E-state index contributed by atoms with van der Waals surface area (Å²) in [6, 6.07) is 10.2. The first-order chi connectivity index (χ1) is 11.7. The fourth-order valence-corrected chi connectivity index (χ4v) is 3.89. The van der Waals surface area contributed by atoms with Crippen LogP contribution < -0.4 is 5.32 Å². The largest absolute Gasteiger partial charge is 0.341 e. The maximum absolute atomic E-state index is 13.3. The van der Waals surface area contributed by atoms with Crippen LogP contribution in [0.25, 0.3) is 0 Å². The van der Waals surface area contributed by atoms with E-state index in [2.05, 4.69) is 39.2 Å². The van der Waals surface area contributed by atoms with Crippen LogP contribution in [0.3, 0.4) is 0 Å². The molecule has 5 nitrogen and oxygen atoms in total. The third-order valence-corrected chi connectivity index (χ3v) is 5.34. The number of nitrogens with zero attached hydrogens (tertiary/aromatic N) is 3. The molecule has 1 amide bonds. The minimum absolute atomic E-state index is 0.131. The highest BCUT2D eigenvalue weighted by molar-refractivity contribution is 5.83. The highest BCUT2D eigenvalue weighted by Crippen LogP contribution is 2.27. The fraction of sp³-hybridized carbons (Fsp3) is 0.632. The van der Waals surface area contributed by atoms with Gasteiger partial charge in [0.15, 0.2) is 0 Å². The Morgan fingerprint density at radius 3 is 2.54 bits per heavy atom. The zero-order chi connectivity index (χ0) is 16.9. The van der Waals surface area contributed by atoms with Gasteiger partial charge in [0, 0.05) is 39.3 Å². The molecular weight excluding hydrogens is 300 g/mol. The molecule has 1 aromatic carbocycles. The van der Waals surface area contributed by atoms with Gasteiger partial charge in [-0.2, -0.15) is 0 Å². The fourth-order valence-electron chi connectivity index (χ4n) is 3.89. The minimum atomic E-state index is -0.131. The molecule has 0 bridgehead atoms.